The predicted molar refractivity (Wildman–Crippen MR) is 41.0 cm³/mol. The quantitative estimate of drug-likeness (QED) is 0.328. The summed E-state index contributed by atoms with van der Waals surface area (Å²) in [7, 11) is 0. The zero-order valence-electron chi connectivity index (χ0n) is 6.56. The molecule has 0 amide bonds. The third kappa shape index (κ3) is 3.55. The van der Waals surface area contributed by atoms with Crippen LogP contribution in [0.2, 0.25) is 0 Å². The van der Waals surface area contributed by atoms with Crippen LogP contribution >= 0.6 is 0 Å². The van der Waals surface area contributed by atoms with E-state index in [0.29, 0.717) is 0 Å². The number of aliphatic carboxylic acids is 1. The maximum absolute atomic E-state index is 10.1. The molecule has 6 heteroatoms. The third-order valence-corrected chi connectivity index (χ3v) is 1.26. The van der Waals surface area contributed by atoms with Gasteiger partial charge in [-0.15, -0.1) is 0 Å². The number of carboxylic acid groups (broad SMARTS) is 1. The van der Waals surface area contributed by atoms with Crippen molar-refractivity contribution in [1.29, 1.82) is 0 Å². The van der Waals surface area contributed by atoms with Crippen molar-refractivity contribution >= 4 is 17.4 Å². The zero-order chi connectivity index (χ0) is 9.56. The number of nitrogens with zero attached hydrogens (tertiary/aromatic N) is 2. The molecule has 3 N–H and O–H groups in total. The highest BCUT2D eigenvalue weighted by Gasteiger charge is 2.07. The SMILES string of the molecule is CC(=N\O)/C(CCC(=O)O)=N/O. The highest BCUT2D eigenvalue weighted by atomic mass is 16.4. The second-order valence-electron chi connectivity index (χ2n) is 2.13. The summed E-state index contributed by atoms with van der Waals surface area (Å²) >= 11 is 0. The van der Waals surface area contributed by atoms with E-state index < -0.39 is 5.97 Å². The highest BCUT2D eigenvalue weighted by molar-refractivity contribution is 6.41. The largest absolute Gasteiger partial charge is 0.481 e. The summed E-state index contributed by atoms with van der Waals surface area (Å²) in [5.74, 6) is -0.998. The van der Waals surface area contributed by atoms with Crippen molar-refractivity contribution in [3.05, 3.63) is 0 Å². The van der Waals surface area contributed by atoms with E-state index in [9.17, 15) is 4.79 Å². The van der Waals surface area contributed by atoms with Crippen LogP contribution in [-0.4, -0.2) is 32.9 Å². The van der Waals surface area contributed by atoms with Gasteiger partial charge in [0.05, 0.1) is 6.42 Å². The fourth-order valence-corrected chi connectivity index (χ4v) is 0.586. The Hall–Kier alpha value is -1.59. The molecular formula is C6H10N2O4. The zero-order valence-corrected chi connectivity index (χ0v) is 6.56. The van der Waals surface area contributed by atoms with Crippen LogP contribution in [0.3, 0.4) is 0 Å². The normalized spacial score (nSPS) is 13.1. The lowest BCUT2D eigenvalue weighted by molar-refractivity contribution is -0.136. The van der Waals surface area contributed by atoms with E-state index in [0.717, 1.165) is 0 Å². The molecular weight excluding hydrogens is 164 g/mol. The topological polar surface area (TPSA) is 102 Å². The van der Waals surface area contributed by atoms with Crippen LogP contribution in [0.1, 0.15) is 19.8 Å². The van der Waals surface area contributed by atoms with Gasteiger partial charge in [0.25, 0.3) is 0 Å². The monoisotopic (exact) mass is 174 g/mol. The Bertz CT molecular complexity index is 222. The van der Waals surface area contributed by atoms with Crippen molar-refractivity contribution in [2.75, 3.05) is 0 Å². The molecule has 0 aliphatic carbocycles. The Kier molecular flexibility index (Phi) is 4.43. The number of rotatable bonds is 4. The van der Waals surface area contributed by atoms with Gasteiger partial charge in [-0.3, -0.25) is 4.79 Å². The first-order valence-electron chi connectivity index (χ1n) is 3.23. The molecule has 68 valence electrons. The molecule has 0 aliphatic heterocycles. The number of hydrogen-bond acceptors (Lipinski definition) is 5. The summed E-state index contributed by atoms with van der Waals surface area (Å²) in [4.78, 5) is 10.1. The van der Waals surface area contributed by atoms with Gasteiger partial charge in [-0.1, -0.05) is 10.3 Å². The molecule has 6 nitrogen and oxygen atoms in total. The molecule has 0 aromatic rings. The maximum atomic E-state index is 10.1. The molecule has 12 heavy (non-hydrogen) atoms. The number of hydrogen-bond donors (Lipinski definition) is 3. The van der Waals surface area contributed by atoms with E-state index in [1.165, 1.54) is 6.92 Å². The molecule has 0 aromatic heterocycles. The molecule has 0 aliphatic rings. The van der Waals surface area contributed by atoms with E-state index in [1.807, 2.05) is 0 Å². The molecule has 0 aromatic carbocycles. The average molecular weight is 174 g/mol. The minimum atomic E-state index is -0.998. The second-order valence-corrected chi connectivity index (χ2v) is 2.13. The minimum absolute atomic E-state index is 0.0434. The Morgan fingerprint density at radius 2 is 1.83 bits per heavy atom. The highest BCUT2D eigenvalue weighted by Crippen LogP contribution is 1.95. The summed E-state index contributed by atoms with van der Waals surface area (Å²) in [6, 6.07) is 0. The van der Waals surface area contributed by atoms with Gasteiger partial charge in [-0.05, 0) is 6.92 Å². The first-order chi connectivity index (χ1) is 5.61. The molecule has 0 bridgehead atoms. The Balaban J connectivity index is 4.12. The van der Waals surface area contributed by atoms with Crippen LogP contribution in [0.25, 0.3) is 0 Å². The summed E-state index contributed by atoms with van der Waals surface area (Å²) in [6.45, 7) is 1.41. The van der Waals surface area contributed by atoms with Crippen LogP contribution in [0.5, 0.6) is 0 Å². The predicted octanol–water partition coefficient (Wildman–Crippen LogP) is 0.531. The van der Waals surface area contributed by atoms with Crippen molar-refractivity contribution in [2.24, 2.45) is 10.3 Å². The Labute approximate surface area is 68.8 Å². The van der Waals surface area contributed by atoms with Crippen LogP contribution in [0, 0.1) is 0 Å². The molecule has 0 atom stereocenters. The first-order valence-corrected chi connectivity index (χ1v) is 3.23. The van der Waals surface area contributed by atoms with E-state index in [2.05, 4.69) is 10.3 Å². The lowest BCUT2D eigenvalue weighted by atomic mass is 10.1. The summed E-state index contributed by atoms with van der Waals surface area (Å²) in [6.07, 6.45) is -0.117. The van der Waals surface area contributed by atoms with E-state index in [-0.39, 0.29) is 24.3 Å². The lowest BCUT2D eigenvalue weighted by Gasteiger charge is -1.98. The molecule has 0 rings (SSSR count). The molecule has 0 saturated carbocycles. The van der Waals surface area contributed by atoms with Crippen molar-refractivity contribution in [3.8, 4) is 0 Å². The molecule has 0 spiro atoms. The second kappa shape index (κ2) is 5.11. The minimum Gasteiger partial charge on any atom is -0.481 e. The summed E-state index contributed by atoms with van der Waals surface area (Å²) < 4.78 is 0. The van der Waals surface area contributed by atoms with Crippen molar-refractivity contribution in [3.63, 3.8) is 0 Å². The average Bonchev–Trinajstić information content (AvgIpc) is 2.04. The van der Waals surface area contributed by atoms with Crippen LogP contribution in [-0.2, 0) is 4.79 Å². The smallest absolute Gasteiger partial charge is 0.303 e. The molecule has 0 saturated heterocycles. The summed E-state index contributed by atoms with van der Waals surface area (Å²) in [5.41, 5.74) is 0.179. The van der Waals surface area contributed by atoms with E-state index in [4.69, 9.17) is 15.5 Å². The van der Waals surface area contributed by atoms with Gasteiger partial charge >= 0.3 is 5.97 Å². The Morgan fingerprint density at radius 1 is 1.25 bits per heavy atom. The van der Waals surface area contributed by atoms with Crippen LogP contribution < -0.4 is 0 Å². The van der Waals surface area contributed by atoms with Gasteiger partial charge in [-0.25, -0.2) is 0 Å². The van der Waals surface area contributed by atoms with E-state index >= 15 is 0 Å². The van der Waals surface area contributed by atoms with Crippen LogP contribution in [0.4, 0.5) is 0 Å². The molecule has 0 unspecified atom stereocenters. The number of carbonyl (C=O) groups is 1. The standard InChI is InChI=1S/C6H10N2O4/c1-4(7-11)5(8-12)2-3-6(9)10/h11-12H,2-3H2,1H3,(H,9,10)/b7-4+,8-5+. The van der Waals surface area contributed by atoms with Gasteiger partial charge in [0, 0.05) is 6.42 Å². The lowest BCUT2D eigenvalue weighted by Crippen LogP contribution is -2.12. The first kappa shape index (κ1) is 10.4. The van der Waals surface area contributed by atoms with Gasteiger partial charge in [-0.2, -0.15) is 0 Å². The third-order valence-electron chi connectivity index (χ3n) is 1.26. The van der Waals surface area contributed by atoms with Crippen molar-refractivity contribution < 1.29 is 20.3 Å². The molecule has 0 fully saturated rings. The molecule has 0 radical (unpaired) electrons. The van der Waals surface area contributed by atoms with Gasteiger partial charge in [0.1, 0.15) is 11.4 Å². The van der Waals surface area contributed by atoms with Gasteiger partial charge in [0.15, 0.2) is 0 Å². The fourth-order valence-electron chi connectivity index (χ4n) is 0.586. The number of oxime groups is 2. The number of carboxylic acids is 1. The van der Waals surface area contributed by atoms with E-state index in [1.54, 1.807) is 0 Å². The van der Waals surface area contributed by atoms with Crippen LogP contribution in [0.15, 0.2) is 10.3 Å². The van der Waals surface area contributed by atoms with Gasteiger partial charge < -0.3 is 15.5 Å². The Morgan fingerprint density at radius 3 is 2.17 bits per heavy atom. The van der Waals surface area contributed by atoms with Crippen molar-refractivity contribution in [2.45, 2.75) is 19.8 Å². The van der Waals surface area contributed by atoms with Gasteiger partial charge in [0.2, 0.25) is 0 Å². The summed E-state index contributed by atoms with van der Waals surface area (Å²) in [5, 5.41) is 30.4. The fraction of sp³-hybridized carbons (Fsp3) is 0.500. The van der Waals surface area contributed by atoms with Crippen molar-refractivity contribution in [1.82, 2.24) is 0 Å². The molecule has 0 heterocycles. The maximum Gasteiger partial charge on any atom is 0.303 e.